The average Bonchev–Trinajstić information content (AvgIpc) is 2.09. The molecule has 0 spiro atoms. The molecule has 1 unspecified atom stereocenters. The van der Waals surface area contributed by atoms with E-state index in [2.05, 4.69) is 5.32 Å². The topological polar surface area (TPSA) is 58.3 Å². The average molecular weight is 166 g/mol. The van der Waals surface area contributed by atoms with Crippen molar-refractivity contribution in [2.24, 2.45) is 0 Å². The lowest BCUT2D eigenvalue weighted by Gasteiger charge is -2.13. The van der Waals surface area contributed by atoms with Crippen LogP contribution in [0, 0.1) is 0 Å². The first-order valence-electron chi connectivity index (χ1n) is 4.03. The first kappa shape index (κ1) is 8.87. The number of rotatable bonds is 3. The molecule has 0 aliphatic heterocycles. The van der Waals surface area contributed by atoms with Gasteiger partial charge in [-0.05, 0) is 18.6 Å². The highest BCUT2D eigenvalue weighted by Gasteiger charge is 2.01. The van der Waals surface area contributed by atoms with Crippen LogP contribution in [0.3, 0.4) is 0 Å². The Hall–Kier alpha value is -1.22. The van der Waals surface area contributed by atoms with Gasteiger partial charge in [-0.25, -0.2) is 0 Å². The second-order valence-electron chi connectivity index (χ2n) is 2.66. The lowest BCUT2D eigenvalue weighted by molar-refractivity contribution is 0.199. The van der Waals surface area contributed by atoms with Crippen LogP contribution in [-0.2, 0) is 0 Å². The van der Waals surface area contributed by atoms with Crippen molar-refractivity contribution in [3.63, 3.8) is 0 Å². The number of hydrogen-bond donors (Lipinski definition) is 3. The third-order valence-electron chi connectivity index (χ3n) is 1.67. The van der Waals surface area contributed by atoms with E-state index < -0.39 is 6.23 Å². The normalized spacial score (nSPS) is 12.5. The number of nitrogens with two attached hydrogens (primary N) is 1. The van der Waals surface area contributed by atoms with Crippen molar-refractivity contribution in [2.75, 3.05) is 11.1 Å². The van der Waals surface area contributed by atoms with Crippen LogP contribution >= 0.6 is 0 Å². The molecule has 0 radical (unpaired) electrons. The lowest BCUT2D eigenvalue weighted by atomic mass is 10.2. The Morgan fingerprint density at radius 2 is 2.17 bits per heavy atom. The zero-order valence-electron chi connectivity index (χ0n) is 7.12. The summed E-state index contributed by atoms with van der Waals surface area (Å²) >= 11 is 0. The van der Waals surface area contributed by atoms with E-state index >= 15 is 0 Å². The van der Waals surface area contributed by atoms with E-state index in [-0.39, 0.29) is 0 Å². The van der Waals surface area contributed by atoms with Gasteiger partial charge in [0, 0.05) is 0 Å². The van der Waals surface area contributed by atoms with E-state index in [0.717, 1.165) is 5.69 Å². The van der Waals surface area contributed by atoms with Gasteiger partial charge in [-0.3, -0.25) is 0 Å². The second kappa shape index (κ2) is 3.97. The van der Waals surface area contributed by atoms with Crippen molar-refractivity contribution in [1.29, 1.82) is 0 Å². The van der Waals surface area contributed by atoms with Gasteiger partial charge in [0.2, 0.25) is 0 Å². The predicted molar refractivity (Wildman–Crippen MR) is 50.8 cm³/mol. The number of nitrogen functional groups attached to an aromatic ring is 1. The smallest absolute Gasteiger partial charge is 0.124 e. The summed E-state index contributed by atoms with van der Waals surface area (Å²) < 4.78 is 0. The monoisotopic (exact) mass is 166 g/mol. The minimum atomic E-state index is -0.519. The Labute approximate surface area is 72.2 Å². The molecule has 0 aliphatic rings. The largest absolute Gasteiger partial charge is 0.397 e. The third kappa shape index (κ3) is 2.13. The summed E-state index contributed by atoms with van der Waals surface area (Å²) in [6.45, 7) is 1.90. The van der Waals surface area contributed by atoms with Crippen molar-refractivity contribution in [1.82, 2.24) is 0 Å². The zero-order chi connectivity index (χ0) is 8.97. The first-order chi connectivity index (χ1) is 5.74. The summed E-state index contributed by atoms with van der Waals surface area (Å²) in [6.07, 6.45) is 0.142. The highest BCUT2D eigenvalue weighted by Crippen LogP contribution is 2.17. The molecule has 66 valence electrons. The molecule has 0 aromatic heterocycles. The molecule has 1 rings (SSSR count). The van der Waals surface area contributed by atoms with Crippen molar-refractivity contribution >= 4 is 11.4 Å². The molecule has 0 saturated carbocycles. The summed E-state index contributed by atoms with van der Waals surface area (Å²) in [6, 6.07) is 7.37. The quantitative estimate of drug-likeness (QED) is 0.470. The minimum absolute atomic E-state index is 0.519. The lowest BCUT2D eigenvalue weighted by Crippen LogP contribution is -2.17. The molecular weight excluding hydrogens is 152 g/mol. The van der Waals surface area contributed by atoms with Crippen LogP contribution in [0.5, 0.6) is 0 Å². The molecule has 1 aromatic carbocycles. The van der Waals surface area contributed by atoms with Crippen LogP contribution < -0.4 is 11.1 Å². The van der Waals surface area contributed by atoms with Gasteiger partial charge in [-0.1, -0.05) is 19.1 Å². The number of para-hydroxylation sites is 2. The molecular formula is C9H14N2O. The van der Waals surface area contributed by atoms with Crippen LogP contribution in [0.25, 0.3) is 0 Å². The number of aliphatic hydroxyl groups is 1. The van der Waals surface area contributed by atoms with Gasteiger partial charge in [-0.15, -0.1) is 0 Å². The Balaban J connectivity index is 2.69. The standard InChI is InChI=1S/C9H14N2O/c1-2-9(12)11-8-6-4-3-5-7(8)10/h3-6,9,11-12H,2,10H2,1H3. The van der Waals surface area contributed by atoms with Crippen LogP contribution in [0.15, 0.2) is 24.3 Å². The van der Waals surface area contributed by atoms with Crippen molar-refractivity contribution in [3.05, 3.63) is 24.3 Å². The molecule has 0 aliphatic carbocycles. The van der Waals surface area contributed by atoms with Gasteiger partial charge in [0.1, 0.15) is 6.23 Å². The van der Waals surface area contributed by atoms with Crippen molar-refractivity contribution in [2.45, 2.75) is 19.6 Å². The number of anilines is 2. The van der Waals surface area contributed by atoms with Crippen molar-refractivity contribution in [3.8, 4) is 0 Å². The summed E-state index contributed by atoms with van der Waals surface area (Å²) in [5, 5.41) is 12.2. The van der Waals surface area contributed by atoms with Crippen LogP contribution in [0.4, 0.5) is 11.4 Å². The molecule has 3 heteroatoms. The molecule has 3 nitrogen and oxygen atoms in total. The number of aliphatic hydroxyl groups excluding tert-OH is 1. The Bertz CT molecular complexity index is 250. The van der Waals surface area contributed by atoms with Gasteiger partial charge in [0.05, 0.1) is 11.4 Å². The Kier molecular flexibility index (Phi) is 2.94. The predicted octanol–water partition coefficient (Wildman–Crippen LogP) is 1.41. The van der Waals surface area contributed by atoms with Crippen molar-refractivity contribution < 1.29 is 5.11 Å². The maximum absolute atomic E-state index is 9.27. The van der Waals surface area contributed by atoms with E-state index in [9.17, 15) is 5.11 Å². The van der Waals surface area contributed by atoms with Gasteiger partial charge in [0.25, 0.3) is 0 Å². The summed E-state index contributed by atoms with van der Waals surface area (Å²) in [4.78, 5) is 0. The van der Waals surface area contributed by atoms with Gasteiger partial charge in [-0.2, -0.15) is 0 Å². The van der Waals surface area contributed by atoms with E-state index in [1.807, 2.05) is 25.1 Å². The molecule has 0 saturated heterocycles. The molecule has 4 N–H and O–H groups in total. The van der Waals surface area contributed by atoms with Crippen LogP contribution in [0.1, 0.15) is 13.3 Å². The van der Waals surface area contributed by atoms with Gasteiger partial charge in [0.15, 0.2) is 0 Å². The molecule has 0 fully saturated rings. The second-order valence-corrected chi connectivity index (χ2v) is 2.66. The van der Waals surface area contributed by atoms with Crippen LogP contribution in [0.2, 0.25) is 0 Å². The molecule has 0 bridgehead atoms. The SMILES string of the molecule is CCC(O)Nc1ccccc1N. The maximum Gasteiger partial charge on any atom is 0.124 e. The van der Waals surface area contributed by atoms with Crippen LogP contribution in [-0.4, -0.2) is 11.3 Å². The molecule has 0 amide bonds. The number of hydrogen-bond acceptors (Lipinski definition) is 3. The summed E-state index contributed by atoms with van der Waals surface area (Å²) in [7, 11) is 0. The molecule has 12 heavy (non-hydrogen) atoms. The van der Waals surface area contributed by atoms with Gasteiger partial charge < -0.3 is 16.2 Å². The van der Waals surface area contributed by atoms with Gasteiger partial charge >= 0.3 is 0 Å². The molecule has 1 aromatic rings. The number of nitrogens with one attached hydrogen (secondary N) is 1. The minimum Gasteiger partial charge on any atom is -0.397 e. The Morgan fingerprint density at radius 3 is 2.75 bits per heavy atom. The number of benzene rings is 1. The van der Waals surface area contributed by atoms with E-state index in [0.29, 0.717) is 12.1 Å². The molecule has 1 atom stereocenters. The van der Waals surface area contributed by atoms with E-state index in [1.165, 1.54) is 0 Å². The van der Waals surface area contributed by atoms with E-state index in [4.69, 9.17) is 5.73 Å². The summed E-state index contributed by atoms with van der Waals surface area (Å²) in [5.41, 5.74) is 7.09. The molecule has 0 heterocycles. The highest BCUT2D eigenvalue weighted by molar-refractivity contribution is 5.65. The fourth-order valence-corrected chi connectivity index (χ4v) is 0.910. The third-order valence-corrected chi connectivity index (χ3v) is 1.67. The first-order valence-corrected chi connectivity index (χ1v) is 4.03. The fraction of sp³-hybridized carbons (Fsp3) is 0.333. The summed E-state index contributed by atoms with van der Waals surface area (Å²) in [5.74, 6) is 0. The Morgan fingerprint density at radius 1 is 1.50 bits per heavy atom. The maximum atomic E-state index is 9.27. The fourth-order valence-electron chi connectivity index (χ4n) is 0.910. The highest BCUT2D eigenvalue weighted by atomic mass is 16.3. The van der Waals surface area contributed by atoms with E-state index in [1.54, 1.807) is 6.07 Å². The zero-order valence-corrected chi connectivity index (χ0v) is 7.12.